The first-order chi connectivity index (χ1) is 17.4. The minimum absolute atomic E-state index is 0.228. The molecular formula is C28H24BrN3O4. The summed E-state index contributed by atoms with van der Waals surface area (Å²) in [6.45, 7) is 1.47. The number of hydrogen-bond donors (Lipinski definition) is 1. The van der Waals surface area contributed by atoms with Crippen molar-refractivity contribution in [3.05, 3.63) is 92.7 Å². The van der Waals surface area contributed by atoms with E-state index in [1.807, 2.05) is 60.7 Å². The molecule has 1 atom stereocenters. The van der Waals surface area contributed by atoms with Gasteiger partial charge in [-0.05, 0) is 35.9 Å². The molecule has 0 unspecified atom stereocenters. The van der Waals surface area contributed by atoms with E-state index >= 15 is 0 Å². The number of halogens is 1. The van der Waals surface area contributed by atoms with Crippen LogP contribution in [0.2, 0.25) is 0 Å². The average molecular weight is 546 g/mol. The van der Waals surface area contributed by atoms with E-state index < -0.39 is 6.04 Å². The number of nitrogens with one attached hydrogen (secondary N) is 1. The number of hydrazone groups is 1. The topological polar surface area (TPSA) is 84.0 Å². The standard InChI is InChI=1S/C28H24BrN3O4/c1-16(33)32-24(20-11-10-19(35-2)14-25(20)36-3)15-23(31-32)27-26(17-7-5-4-6-8-17)21-13-18(29)9-12-22(21)30-28(27)34/h4-14,24H,15H2,1-3H3,(H,30,34)/t24-/m0/s1. The summed E-state index contributed by atoms with van der Waals surface area (Å²) in [6.07, 6.45) is 0.352. The summed E-state index contributed by atoms with van der Waals surface area (Å²) in [5.74, 6) is 1.00. The number of hydrogen-bond acceptors (Lipinski definition) is 5. The van der Waals surface area contributed by atoms with Crippen LogP contribution in [0.4, 0.5) is 0 Å². The summed E-state index contributed by atoms with van der Waals surface area (Å²) < 4.78 is 11.8. The van der Waals surface area contributed by atoms with Crippen LogP contribution < -0.4 is 15.0 Å². The molecule has 1 aromatic heterocycles. The Labute approximate surface area is 216 Å². The molecule has 7 nitrogen and oxygen atoms in total. The van der Waals surface area contributed by atoms with Gasteiger partial charge in [-0.15, -0.1) is 0 Å². The molecule has 5 rings (SSSR count). The maximum absolute atomic E-state index is 13.5. The third kappa shape index (κ3) is 4.18. The van der Waals surface area contributed by atoms with Crippen LogP contribution in [-0.4, -0.2) is 35.8 Å². The SMILES string of the molecule is COc1ccc([C@@H]2CC(c3c(-c4ccccc4)c4cc(Br)ccc4[nH]c3=O)=NN2C(C)=O)c(OC)c1. The Kier molecular flexibility index (Phi) is 6.36. The first-order valence-electron chi connectivity index (χ1n) is 11.4. The van der Waals surface area contributed by atoms with Crippen LogP contribution in [0.3, 0.4) is 0 Å². The minimum Gasteiger partial charge on any atom is -0.497 e. The number of pyridine rings is 1. The lowest BCUT2D eigenvalue weighted by Gasteiger charge is -2.22. The number of aromatic nitrogens is 1. The summed E-state index contributed by atoms with van der Waals surface area (Å²) in [7, 11) is 3.16. The van der Waals surface area contributed by atoms with E-state index in [9.17, 15) is 9.59 Å². The van der Waals surface area contributed by atoms with E-state index in [2.05, 4.69) is 20.9 Å². The van der Waals surface area contributed by atoms with Crippen molar-refractivity contribution in [3.63, 3.8) is 0 Å². The molecule has 1 amide bonds. The van der Waals surface area contributed by atoms with Crippen molar-refractivity contribution in [2.75, 3.05) is 14.2 Å². The molecule has 0 saturated heterocycles. The Morgan fingerprint density at radius 1 is 1.03 bits per heavy atom. The Bertz CT molecular complexity index is 1560. The fraction of sp³-hybridized carbons (Fsp3) is 0.179. The largest absolute Gasteiger partial charge is 0.497 e. The highest BCUT2D eigenvalue weighted by Gasteiger charge is 2.35. The van der Waals surface area contributed by atoms with Gasteiger partial charge in [0.25, 0.3) is 5.56 Å². The molecule has 1 aliphatic rings. The molecule has 0 aliphatic carbocycles. The predicted molar refractivity (Wildman–Crippen MR) is 144 cm³/mol. The zero-order valence-electron chi connectivity index (χ0n) is 20.0. The minimum atomic E-state index is -0.431. The summed E-state index contributed by atoms with van der Waals surface area (Å²) in [6, 6.07) is 20.6. The molecule has 0 fully saturated rings. The number of ether oxygens (including phenoxy) is 2. The number of H-pyrrole nitrogens is 1. The monoisotopic (exact) mass is 545 g/mol. The molecule has 2 heterocycles. The molecule has 0 spiro atoms. The Morgan fingerprint density at radius 3 is 2.50 bits per heavy atom. The molecule has 36 heavy (non-hydrogen) atoms. The highest BCUT2D eigenvalue weighted by atomic mass is 79.9. The number of rotatable bonds is 5. The second-order valence-corrected chi connectivity index (χ2v) is 9.41. The van der Waals surface area contributed by atoms with Crippen molar-refractivity contribution < 1.29 is 14.3 Å². The van der Waals surface area contributed by atoms with Crippen LogP contribution in [0.5, 0.6) is 11.5 Å². The lowest BCUT2D eigenvalue weighted by molar-refractivity contribution is -0.130. The van der Waals surface area contributed by atoms with Crippen molar-refractivity contribution in [2.24, 2.45) is 5.10 Å². The number of fused-ring (bicyclic) bond motifs is 1. The summed E-state index contributed by atoms with van der Waals surface area (Å²) >= 11 is 3.56. The Hall–Kier alpha value is -3.91. The number of amides is 1. The van der Waals surface area contributed by atoms with Crippen LogP contribution in [0.15, 0.2) is 81.1 Å². The van der Waals surface area contributed by atoms with Crippen LogP contribution >= 0.6 is 15.9 Å². The normalized spacial score (nSPS) is 15.2. The summed E-state index contributed by atoms with van der Waals surface area (Å²) in [4.78, 5) is 29.2. The third-order valence-corrected chi connectivity index (χ3v) is 6.85. The van der Waals surface area contributed by atoms with Crippen molar-refractivity contribution in [1.29, 1.82) is 0 Å². The van der Waals surface area contributed by atoms with Gasteiger partial charge in [0, 0.05) is 45.9 Å². The maximum Gasteiger partial charge on any atom is 0.258 e. The van der Waals surface area contributed by atoms with Crippen molar-refractivity contribution in [3.8, 4) is 22.6 Å². The van der Waals surface area contributed by atoms with Crippen molar-refractivity contribution in [1.82, 2.24) is 9.99 Å². The van der Waals surface area contributed by atoms with Crippen LogP contribution in [0.1, 0.15) is 30.5 Å². The van der Waals surface area contributed by atoms with Gasteiger partial charge in [-0.3, -0.25) is 9.59 Å². The van der Waals surface area contributed by atoms with Crippen LogP contribution in [0, 0.1) is 0 Å². The summed E-state index contributed by atoms with van der Waals surface area (Å²) in [5.41, 5.74) is 3.91. The molecular weight excluding hydrogens is 522 g/mol. The number of nitrogens with zero attached hydrogens (tertiary/aromatic N) is 2. The zero-order valence-corrected chi connectivity index (χ0v) is 21.6. The third-order valence-electron chi connectivity index (χ3n) is 6.36. The van der Waals surface area contributed by atoms with Crippen LogP contribution in [0.25, 0.3) is 22.0 Å². The zero-order chi connectivity index (χ0) is 25.4. The van der Waals surface area contributed by atoms with E-state index in [0.29, 0.717) is 29.2 Å². The molecule has 4 aromatic rings. The molecule has 0 radical (unpaired) electrons. The van der Waals surface area contributed by atoms with E-state index in [4.69, 9.17) is 14.6 Å². The first-order valence-corrected chi connectivity index (χ1v) is 12.2. The van der Waals surface area contributed by atoms with Gasteiger partial charge in [0.05, 0.1) is 31.5 Å². The average Bonchev–Trinajstić information content (AvgIpc) is 3.33. The van der Waals surface area contributed by atoms with Gasteiger partial charge in [0.15, 0.2) is 0 Å². The second kappa shape index (κ2) is 9.62. The second-order valence-electron chi connectivity index (χ2n) is 8.50. The number of aromatic amines is 1. The number of carbonyl (C=O) groups is 1. The molecule has 8 heteroatoms. The Balaban J connectivity index is 1.72. The van der Waals surface area contributed by atoms with Crippen molar-refractivity contribution >= 4 is 38.5 Å². The first kappa shape index (κ1) is 23.8. The van der Waals surface area contributed by atoms with Gasteiger partial charge in [-0.2, -0.15) is 5.10 Å². The Morgan fingerprint density at radius 2 is 1.81 bits per heavy atom. The number of methoxy groups -OCH3 is 2. The fourth-order valence-electron chi connectivity index (χ4n) is 4.73. The highest BCUT2D eigenvalue weighted by molar-refractivity contribution is 9.10. The van der Waals surface area contributed by atoms with E-state index in [1.54, 1.807) is 20.3 Å². The van der Waals surface area contributed by atoms with E-state index in [1.165, 1.54) is 11.9 Å². The highest BCUT2D eigenvalue weighted by Crippen LogP contribution is 2.41. The van der Waals surface area contributed by atoms with Gasteiger partial charge in [-0.1, -0.05) is 46.3 Å². The summed E-state index contributed by atoms with van der Waals surface area (Å²) in [5, 5.41) is 7.00. The van der Waals surface area contributed by atoms with Crippen molar-refractivity contribution in [2.45, 2.75) is 19.4 Å². The maximum atomic E-state index is 13.5. The molecule has 3 aromatic carbocycles. The molecule has 1 aliphatic heterocycles. The molecule has 0 saturated carbocycles. The molecule has 182 valence electrons. The lowest BCUT2D eigenvalue weighted by atomic mass is 9.91. The van der Waals surface area contributed by atoms with Gasteiger partial charge < -0.3 is 14.5 Å². The molecule has 0 bridgehead atoms. The molecule has 1 N–H and O–H groups in total. The van der Waals surface area contributed by atoms with Gasteiger partial charge in [-0.25, -0.2) is 5.01 Å². The van der Waals surface area contributed by atoms with E-state index in [-0.39, 0.29) is 11.5 Å². The number of benzene rings is 3. The lowest BCUT2D eigenvalue weighted by Crippen LogP contribution is -2.24. The fourth-order valence-corrected chi connectivity index (χ4v) is 5.09. The van der Waals surface area contributed by atoms with E-state index in [0.717, 1.165) is 32.1 Å². The smallest absolute Gasteiger partial charge is 0.258 e. The quantitative estimate of drug-likeness (QED) is 0.350. The van der Waals surface area contributed by atoms with Crippen LogP contribution in [-0.2, 0) is 4.79 Å². The van der Waals surface area contributed by atoms with Gasteiger partial charge in [0.1, 0.15) is 11.5 Å². The number of carbonyl (C=O) groups excluding carboxylic acids is 1. The van der Waals surface area contributed by atoms with Gasteiger partial charge in [0.2, 0.25) is 5.91 Å². The van der Waals surface area contributed by atoms with Gasteiger partial charge >= 0.3 is 0 Å². The predicted octanol–water partition coefficient (Wildman–Crippen LogP) is 5.67.